The maximum Gasteiger partial charge on any atom is 0.255 e. The summed E-state index contributed by atoms with van der Waals surface area (Å²) in [6, 6.07) is 23.0. The SMILES string of the molecule is Cc1ccc(NC(=O)c2ccc3c(c2)[C@@H]2[C@H]4CC[C@@H](C4)[C@H]2[C@H](c2ccccc2)N3)cc1Cl. The van der Waals surface area contributed by atoms with E-state index in [0.717, 1.165) is 23.1 Å². The third kappa shape index (κ3) is 3.22. The van der Waals surface area contributed by atoms with Crippen LogP contribution in [-0.4, -0.2) is 5.91 Å². The van der Waals surface area contributed by atoms with Crippen LogP contribution in [0.15, 0.2) is 66.7 Å². The van der Waals surface area contributed by atoms with Crippen molar-refractivity contribution in [1.82, 2.24) is 0 Å². The normalized spacial score (nSPS) is 27.4. The lowest BCUT2D eigenvalue weighted by Crippen LogP contribution is -2.35. The summed E-state index contributed by atoms with van der Waals surface area (Å²) >= 11 is 6.24. The van der Waals surface area contributed by atoms with Crippen LogP contribution in [-0.2, 0) is 0 Å². The van der Waals surface area contributed by atoms with Crippen LogP contribution in [0.5, 0.6) is 0 Å². The van der Waals surface area contributed by atoms with Crippen molar-refractivity contribution in [2.75, 3.05) is 10.6 Å². The molecule has 1 amide bonds. The lowest BCUT2D eigenvalue weighted by atomic mass is 9.68. The highest BCUT2D eigenvalue weighted by atomic mass is 35.5. The van der Waals surface area contributed by atoms with Crippen molar-refractivity contribution >= 4 is 28.9 Å². The Labute approximate surface area is 194 Å². The minimum atomic E-state index is -0.0855. The van der Waals surface area contributed by atoms with Gasteiger partial charge < -0.3 is 10.6 Å². The predicted molar refractivity (Wildman–Crippen MR) is 130 cm³/mol. The van der Waals surface area contributed by atoms with Crippen LogP contribution in [0.3, 0.4) is 0 Å². The Hall–Kier alpha value is -2.78. The molecule has 2 aliphatic carbocycles. The van der Waals surface area contributed by atoms with E-state index in [2.05, 4.69) is 53.1 Å². The molecule has 1 heterocycles. The minimum absolute atomic E-state index is 0.0855. The molecule has 6 rings (SSSR count). The maximum atomic E-state index is 13.1. The van der Waals surface area contributed by atoms with Gasteiger partial charge in [-0.2, -0.15) is 0 Å². The molecule has 2 saturated carbocycles. The van der Waals surface area contributed by atoms with Gasteiger partial charge in [0.1, 0.15) is 0 Å². The quantitative estimate of drug-likeness (QED) is 0.450. The Bertz CT molecular complexity index is 1190. The van der Waals surface area contributed by atoms with E-state index in [4.69, 9.17) is 11.6 Å². The number of anilines is 2. The molecule has 2 bridgehead atoms. The van der Waals surface area contributed by atoms with Crippen molar-refractivity contribution in [3.8, 4) is 0 Å². The molecule has 0 radical (unpaired) electrons. The van der Waals surface area contributed by atoms with Crippen molar-refractivity contribution < 1.29 is 4.79 Å². The topological polar surface area (TPSA) is 41.1 Å². The van der Waals surface area contributed by atoms with E-state index in [1.165, 1.54) is 36.1 Å². The zero-order chi connectivity index (χ0) is 21.8. The highest BCUT2D eigenvalue weighted by Crippen LogP contribution is 2.63. The smallest absolute Gasteiger partial charge is 0.255 e. The first-order chi connectivity index (χ1) is 15.6. The number of fused-ring (bicyclic) bond motifs is 7. The molecule has 3 aromatic carbocycles. The first-order valence-electron chi connectivity index (χ1n) is 11.6. The van der Waals surface area contributed by atoms with E-state index >= 15 is 0 Å². The lowest BCUT2D eigenvalue weighted by Gasteiger charge is -2.43. The highest BCUT2D eigenvalue weighted by Gasteiger charge is 2.53. The van der Waals surface area contributed by atoms with Crippen LogP contribution in [0, 0.1) is 24.7 Å². The molecule has 32 heavy (non-hydrogen) atoms. The van der Waals surface area contributed by atoms with Crippen LogP contribution in [0.2, 0.25) is 5.02 Å². The average molecular weight is 443 g/mol. The third-order valence-corrected chi connectivity index (χ3v) is 8.34. The molecule has 0 spiro atoms. The first-order valence-corrected chi connectivity index (χ1v) is 12.0. The Morgan fingerprint density at radius 3 is 2.62 bits per heavy atom. The summed E-state index contributed by atoms with van der Waals surface area (Å²) in [7, 11) is 0. The van der Waals surface area contributed by atoms with Gasteiger partial charge in [0, 0.05) is 22.0 Å². The van der Waals surface area contributed by atoms with Gasteiger partial charge >= 0.3 is 0 Å². The van der Waals surface area contributed by atoms with Crippen molar-refractivity contribution in [3.05, 3.63) is 94.0 Å². The summed E-state index contributed by atoms with van der Waals surface area (Å²) in [5.74, 6) is 2.53. The molecule has 0 saturated heterocycles. The van der Waals surface area contributed by atoms with Gasteiger partial charge in [-0.3, -0.25) is 4.79 Å². The predicted octanol–water partition coefficient (Wildman–Crippen LogP) is 7.20. The van der Waals surface area contributed by atoms with Gasteiger partial charge in [0.2, 0.25) is 0 Å². The number of benzene rings is 3. The van der Waals surface area contributed by atoms with Gasteiger partial charge in [-0.15, -0.1) is 0 Å². The van der Waals surface area contributed by atoms with Gasteiger partial charge in [0.15, 0.2) is 0 Å². The second kappa shape index (κ2) is 7.67. The number of nitrogens with one attached hydrogen (secondary N) is 2. The second-order valence-corrected chi connectivity index (χ2v) is 10.1. The zero-order valence-electron chi connectivity index (χ0n) is 18.1. The lowest BCUT2D eigenvalue weighted by molar-refractivity contribution is 0.102. The van der Waals surface area contributed by atoms with Crippen LogP contribution in [0.4, 0.5) is 11.4 Å². The highest BCUT2D eigenvalue weighted by molar-refractivity contribution is 6.31. The number of carbonyl (C=O) groups excluding carboxylic acids is 1. The number of rotatable bonds is 3. The van der Waals surface area contributed by atoms with Crippen LogP contribution in [0.25, 0.3) is 0 Å². The fourth-order valence-electron chi connectivity index (χ4n) is 6.49. The molecular formula is C28H27ClN2O. The molecule has 0 aromatic heterocycles. The summed E-state index contributed by atoms with van der Waals surface area (Å²) < 4.78 is 0. The number of halogens is 1. The number of aryl methyl sites for hydroxylation is 1. The molecule has 4 heteroatoms. The molecule has 1 aliphatic heterocycles. The molecule has 2 N–H and O–H groups in total. The second-order valence-electron chi connectivity index (χ2n) is 9.69. The number of hydrogen-bond acceptors (Lipinski definition) is 2. The van der Waals surface area contributed by atoms with Crippen molar-refractivity contribution in [2.45, 2.75) is 38.1 Å². The van der Waals surface area contributed by atoms with Crippen molar-refractivity contribution in [3.63, 3.8) is 0 Å². The zero-order valence-corrected chi connectivity index (χ0v) is 18.9. The summed E-state index contributed by atoms with van der Waals surface area (Å²) in [4.78, 5) is 13.1. The number of amides is 1. The maximum absolute atomic E-state index is 13.1. The van der Waals surface area contributed by atoms with E-state index in [9.17, 15) is 4.79 Å². The van der Waals surface area contributed by atoms with Crippen LogP contribution in [0.1, 0.15) is 58.3 Å². The van der Waals surface area contributed by atoms with Gasteiger partial charge in [0.05, 0.1) is 6.04 Å². The first kappa shape index (κ1) is 19.9. The molecule has 3 aliphatic rings. The summed E-state index contributed by atoms with van der Waals surface area (Å²) in [5.41, 5.74) is 6.32. The molecule has 5 atom stereocenters. The average Bonchev–Trinajstić information content (AvgIpc) is 3.44. The summed E-state index contributed by atoms with van der Waals surface area (Å²) in [6.07, 6.45) is 3.96. The van der Waals surface area contributed by atoms with Gasteiger partial charge in [-0.1, -0.05) is 48.0 Å². The third-order valence-electron chi connectivity index (χ3n) is 7.94. The molecule has 0 unspecified atom stereocenters. The Kier molecular flexibility index (Phi) is 4.76. The van der Waals surface area contributed by atoms with Gasteiger partial charge in [0.25, 0.3) is 5.91 Å². The molecule has 3 aromatic rings. The summed E-state index contributed by atoms with van der Waals surface area (Å²) in [6.45, 7) is 1.96. The summed E-state index contributed by atoms with van der Waals surface area (Å²) in [5, 5.41) is 7.53. The molecule has 162 valence electrons. The number of hydrogen-bond donors (Lipinski definition) is 2. The van der Waals surface area contributed by atoms with Crippen molar-refractivity contribution in [1.29, 1.82) is 0 Å². The monoisotopic (exact) mass is 442 g/mol. The fourth-order valence-corrected chi connectivity index (χ4v) is 6.67. The number of carbonyl (C=O) groups is 1. The van der Waals surface area contributed by atoms with E-state index in [0.29, 0.717) is 28.5 Å². The van der Waals surface area contributed by atoms with E-state index in [-0.39, 0.29) is 5.91 Å². The van der Waals surface area contributed by atoms with E-state index in [1.54, 1.807) is 0 Å². The Morgan fingerprint density at radius 2 is 1.81 bits per heavy atom. The minimum Gasteiger partial charge on any atom is -0.378 e. The largest absolute Gasteiger partial charge is 0.378 e. The van der Waals surface area contributed by atoms with Crippen molar-refractivity contribution in [2.24, 2.45) is 17.8 Å². The Balaban J connectivity index is 1.34. The van der Waals surface area contributed by atoms with Crippen LogP contribution >= 0.6 is 11.6 Å². The molecule has 3 nitrogen and oxygen atoms in total. The van der Waals surface area contributed by atoms with Crippen LogP contribution < -0.4 is 10.6 Å². The fraction of sp³-hybridized carbons (Fsp3) is 0.321. The molecular weight excluding hydrogens is 416 g/mol. The van der Waals surface area contributed by atoms with Gasteiger partial charge in [-0.25, -0.2) is 0 Å². The standard InChI is InChI=1S/C28H27ClN2O/c1-16-7-11-21(15-23(16)29)30-28(32)20-10-12-24-22(14-20)25-18-8-9-19(13-18)26(25)27(31-24)17-5-3-2-4-6-17/h2-7,10-12,14-15,18-19,25-27,31H,8-9,13H2,1H3,(H,30,32)/t18-,19-,25-,26+,27-/m0/s1. The van der Waals surface area contributed by atoms with E-state index in [1.807, 2.05) is 31.2 Å². The molecule has 2 fully saturated rings. The van der Waals surface area contributed by atoms with E-state index < -0.39 is 0 Å². The Morgan fingerprint density at radius 1 is 1.00 bits per heavy atom. The van der Waals surface area contributed by atoms with Gasteiger partial charge in [-0.05, 0) is 96.9 Å².